The third kappa shape index (κ3) is 5.10. The number of benzene rings is 2. The average molecular weight is 450 g/mol. The van der Waals surface area contributed by atoms with Crippen molar-refractivity contribution in [1.82, 2.24) is 5.32 Å². The predicted octanol–water partition coefficient (Wildman–Crippen LogP) is 4.92. The van der Waals surface area contributed by atoms with Crippen LogP contribution in [0.2, 0.25) is 5.02 Å². The third-order valence-electron chi connectivity index (χ3n) is 5.95. The van der Waals surface area contributed by atoms with E-state index in [0.717, 1.165) is 30.4 Å². The standard InChI is InChI=1S/C26H28ClN3O2/c1-18-26(32)30(17-24(31)28-15-14-19-8-4-2-5-9-19)23-13-12-21(27)16-22(23)25(29-18)20-10-6-3-7-11-20/h3,6-8,10-13,16,18H,2,4-5,9,14-15,17H2,1H3,(H,28,31)/t18-/m0/s1. The number of carbonyl (C=O) groups excluding carboxylic acids is 2. The van der Waals surface area contributed by atoms with Crippen LogP contribution in [0.5, 0.6) is 0 Å². The van der Waals surface area contributed by atoms with E-state index >= 15 is 0 Å². The molecule has 0 saturated heterocycles. The molecule has 1 aliphatic carbocycles. The molecule has 0 saturated carbocycles. The van der Waals surface area contributed by atoms with Gasteiger partial charge in [-0.3, -0.25) is 14.6 Å². The molecule has 0 aromatic heterocycles. The van der Waals surface area contributed by atoms with Crippen molar-refractivity contribution in [2.75, 3.05) is 18.0 Å². The Hall–Kier alpha value is -2.92. The number of nitrogens with one attached hydrogen (secondary N) is 1. The molecule has 2 aromatic rings. The highest BCUT2D eigenvalue weighted by atomic mass is 35.5. The molecule has 0 radical (unpaired) electrons. The van der Waals surface area contributed by atoms with Crippen LogP contribution in [0.3, 0.4) is 0 Å². The van der Waals surface area contributed by atoms with Crippen molar-refractivity contribution in [3.8, 4) is 0 Å². The Morgan fingerprint density at radius 2 is 2.00 bits per heavy atom. The fourth-order valence-corrected chi connectivity index (χ4v) is 4.45. The molecule has 2 amide bonds. The molecule has 1 atom stereocenters. The van der Waals surface area contributed by atoms with Crippen molar-refractivity contribution in [3.63, 3.8) is 0 Å². The Balaban J connectivity index is 1.56. The lowest BCUT2D eigenvalue weighted by Crippen LogP contribution is -2.44. The maximum absolute atomic E-state index is 13.2. The molecule has 1 heterocycles. The van der Waals surface area contributed by atoms with Crippen LogP contribution in [0.15, 0.2) is 65.2 Å². The van der Waals surface area contributed by atoms with Crippen LogP contribution in [0.4, 0.5) is 5.69 Å². The number of hydrogen-bond donors (Lipinski definition) is 1. The summed E-state index contributed by atoms with van der Waals surface area (Å²) in [6.45, 7) is 2.30. The minimum absolute atomic E-state index is 0.0472. The van der Waals surface area contributed by atoms with Gasteiger partial charge in [0, 0.05) is 22.7 Å². The number of amides is 2. The molecule has 0 bridgehead atoms. The lowest BCUT2D eigenvalue weighted by Gasteiger charge is -2.24. The first-order valence-electron chi connectivity index (χ1n) is 11.2. The van der Waals surface area contributed by atoms with Crippen LogP contribution in [-0.4, -0.2) is 36.7 Å². The monoisotopic (exact) mass is 449 g/mol. The molecule has 5 nitrogen and oxygen atoms in total. The van der Waals surface area contributed by atoms with E-state index in [2.05, 4.69) is 11.4 Å². The Labute approximate surface area is 194 Å². The molecular formula is C26H28ClN3O2. The topological polar surface area (TPSA) is 61.8 Å². The zero-order valence-electron chi connectivity index (χ0n) is 18.3. The number of carbonyl (C=O) groups is 2. The van der Waals surface area contributed by atoms with Crippen LogP contribution in [0.1, 0.15) is 50.2 Å². The number of aliphatic imine (C=N–C) groups is 1. The molecule has 1 aliphatic heterocycles. The van der Waals surface area contributed by atoms with Gasteiger partial charge >= 0.3 is 0 Å². The van der Waals surface area contributed by atoms with Gasteiger partial charge in [0.25, 0.3) is 5.91 Å². The van der Waals surface area contributed by atoms with Crippen molar-refractivity contribution in [2.45, 2.75) is 45.1 Å². The second-order valence-corrected chi connectivity index (χ2v) is 8.75. The highest BCUT2D eigenvalue weighted by molar-refractivity contribution is 6.32. The molecule has 0 unspecified atom stereocenters. The number of fused-ring (bicyclic) bond motifs is 1. The van der Waals surface area contributed by atoms with Crippen molar-refractivity contribution < 1.29 is 9.59 Å². The maximum atomic E-state index is 13.2. The van der Waals surface area contributed by atoms with Crippen molar-refractivity contribution in [1.29, 1.82) is 0 Å². The fraction of sp³-hybridized carbons (Fsp3) is 0.346. The number of hydrogen-bond acceptors (Lipinski definition) is 3. The number of anilines is 1. The molecular weight excluding hydrogens is 422 g/mol. The number of rotatable bonds is 6. The van der Waals surface area contributed by atoms with Gasteiger partial charge < -0.3 is 10.2 Å². The lowest BCUT2D eigenvalue weighted by molar-refractivity contribution is -0.124. The zero-order valence-corrected chi connectivity index (χ0v) is 19.1. The van der Waals surface area contributed by atoms with Gasteiger partial charge in [-0.15, -0.1) is 0 Å². The van der Waals surface area contributed by atoms with Gasteiger partial charge in [-0.1, -0.05) is 53.6 Å². The molecule has 1 N–H and O–H groups in total. The molecule has 6 heteroatoms. The van der Waals surface area contributed by atoms with Crippen LogP contribution >= 0.6 is 11.6 Å². The van der Waals surface area contributed by atoms with Gasteiger partial charge in [0.15, 0.2) is 0 Å². The van der Waals surface area contributed by atoms with Crippen LogP contribution in [-0.2, 0) is 9.59 Å². The normalized spacial score (nSPS) is 18.4. The summed E-state index contributed by atoms with van der Waals surface area (Å²) in [5.74, 6) is -0.379. The van der Waals surface area contributed by atoms with Crippen molar-refractivity contribution in [2.24, 2.45) is 4.99 Å². The number of benzodiazepines with no additional fused rings is 1. The molecule has 0 spiro atoms. The first-order valence-corrected chi connectivity index (χ1v) is 11.6. The maximum Gasteiger partial charge on any atom is 0.252 e. The van der Waals surface area contributed by atoms with E-state index in [-0.39, 0.29) is 18.4 Å². The Bertz CT molecular complexity index is 1060. The summed E-state index contributed by atoms with van der Waals surface area (Å²) in [7, 11) is 0. The van der Waals surface area contributed by atoms with Gasteiger partial charge in [0.1, 0.15) is 12.6 Å². The number of allylic oxidation sites excluding steroid dienone is 1. The summed E-state index contributed by atoms with van der Waals surface area (Å²) in [4.78, 5) is 32.2. The molecule has 4 rings (SSSR count). The number of nitrogens with zero attached hydrogens (tertiary/aromatic N) is 2. The second-order valence-electron chi connectivity index (χ2n) is 8.31. The summed E-state index contributed by atoms with van der Waals surface area (Å²) < 4.78 is 0. The highest BCUT2D eigenvalue weighted by Crippen LogP contribution is 2.31. The van der Waals surface area contributed by atoms with Crippen LogP contribution in [0, 0.1) is 0 Å². The summed E-state index contributed by atoms with van der Waals surface area (Å²) in [6, 6.07) is 14.5. The molecule has 32 heavy (non-hydrogen) atoms. The van der Waals surface area contributed by atoms with E-state index in [0.29, 0.717) is 23.0 Å². The zero-order chi connectivity index (χ0) is 22.5. The minimum Gasteiger partial charge on any atom is -0.354 e. The fourth-order valence-electron chi connectivity index (χ4n) is 4.28. The van der Waals surface area contributed by atoms with Gasteiger partial charge in [0.2, 0.25) is 5.91 Å². The van der Waals surface area contributed by atoms with E-state index in [1.54, 1.807) is 19.1 Å². The molecule has 166 valence electrons. The average Bonchev–Trinajstić information content (AvgIpc) is 2.90. The van der Waals surface area contributed by atoms with Gasteiger partial charge in [0.05, 0.1) is 11.4 Å². The van der Waals surface area contributed by atoms with Gasteiger partial charge in [-0.05, 0) is 57.2 Å². The summed E-state index contributed by atoms with van der Waals surface area (Å²) in [5.41, 5.74) is 4.42. The molecule has 2 aromatic carbocycles. The van der Waals surface area contributed by atoms with E-state index in [1.807, 2.05) is 36.4 Å². The third-order valence-corrected chi connectivity index (χ3v) is 6.19. The van der Waals surface area contributed by atoms with Gasteiger partial charge in [-0.25, -0.2) is 0 Å². The minimum atomic E-state index is -0.614. The summed E-state index contributed by atoms with van der Waals surface area (Å²) in [5, 5.41) is 3.54. The SMILES string of the molecule is C[C@@H]1N=C(c2ccccc2)c2cc(Cl)ccc2N(CC(=O)NCCC2=CCCCC2)C1=O. The first-order chi connectivity index (χ1) is 15.5. The molecule has 0 fully saturated rings. The second kappa shape index (κ2) is 10.1. The van der Waals surface area contributed by atoms with Crippen LogP contribution < -0.4 is 10.2 Å². The Morgan fingerprint density at radius 1 is 1.19 bits per heavy atom. The smallest absolute Gasteiger partial charge is 0.252 e. The summed E-state index contributed by atoms with van der Waals surface area (Å²) in [6.07, 6.45) is 7.88. The van der Waals surface area contributed by atoms with Gasteiger partial charge in [-0.2, -0.15) is 0 Å². The Kier molecular flexibility index (Phi) is 7.05. The lowest BCUT2D eigenvalue weighted by atomic mass is 9.97. The van der Waals surface area contributed by atoms with Crippen molar-refractivity contribution in [3.05, 3.63) is 76.3 Å². The van der Waals surface area contributed by atoms with E-state index in [9.17, 15) is 9.59 Å². The van der Waals surface area contributed by atoms with E-state index in [1.165, 1.54) is 23.3 Å². The number of halogens is 1. The Morgan fingerprint density at radius 3 is 2.75 bits per heavy atom. The quantitative estimate of drug-likeness (QED) is 0.636. The van der Waals surface area contributed by atoms with Crippen LogP contribution in [0.25, 0.3) is 0 Å². The van der Waals surface area contributed by atoms with E-state index in [4.69, 9.17) is 16.6 Å². The molecule has 2 aliphatic rings. The summed E-state index contributed by atoms with van der Waals surface area (Å²) >= 11 is 6.31. The van der Waals surface area contributed by atoms with Crippen molar-refractivity contribution >= 4 is 34.8 Å². The predicted molar refractivity (Wildman–Crippen MR) is 130 cm³/mol. The first kappa shape index (κ1) is 22.3. The highest BCUT2D eigenvalue weighted by Gasteiger charge is 2.31. The van der Waals surface area contributed by atoms with E-state index < -0.39 is 6.04 Å². The largest absolute Gasteiger partial charge is 0.354 e.